The summed E-state index contributed by atoms with van der Waals surface area (Å²) in [6.07, 6.45) is 1.36. The Morgan fingerprint density at radius 1 is 1.10 bits per heavy atom. The van der Waals surface area contributed by atoms with E-state index in [0.717, 1.165) is 5.56 Å². The normalized spacial score (nSPS) is 10.4. The van der Waals surface area contributed by atoms with Crippen LogP contribution in [0.3, 0.4) is 0 Å². The van der Waals surface area contributed by atoms with Crippen molar-refractivity contribution in [2.75, 3.05) is 18.0 Å². The van der Waals surface area contributed by atoms with Gasteiger partial charge in [-0.05, 0) is 19.9 Å². The zero-order valence-electron chi connectivity index (χ0n) is 15.9. The number of hydrogen-bond acceptors (Lipinski definition) is 6. The third-order valence-electron chi connectivity index (χ3n) is 4.17. The van der Waals surface area contributed by atoms with Crippen LogP contribution in [0.15, 0.2) is 42.6 Å². The summed E-state index contributed by atoms with van der Waals surface area (Å²) in [6, 6.07) is 11.0. The van der Waals surface area contributed by atoms with E-state index >= 15 is 0 Å². The Hall–Kier alpha value is -3.46. The maximum Gasteiger partial charge on any atom is 0.290 e. The molecular weight excluding hydrogens is 394 g/mol. The number of carbonyl (C=O) groups is 2. The molecule has 10 heteroatoms. The molecule has 0 aliphatic heterocycles. The number of carbonyl (C=O) groups excluding carboxylic acids is 2. The Bertz CT molecular complexity index is 1000. The van der Waals surface area contributed by atoms with Crippen molar-refractivity contribution in [3.8, 4) is 11.3 Å². The van der Waals surface area contributed by atoms with E-state index < -0.39 is 11.8 Å². The van der Waals surface area contributed by atoms with Crippen LogP contribution in [0.1, 0.15) is 34.8 Å². The number of benzene rings is 1. The van der Waals surface area contributed by atoms with Crippen molar-refractivity contribution < 1.29 is 9.59 Å². The van der Waals surface area contributed by atoms with Crippen molar-refractivity contribution >= 4 is 29.4 Å². The molecule has 0 unspecified atom stereocenters. The van der Waals surface area contributed by atoms with Crippen molar-refractivity contribution in [1.29, 1.82) is 0 Å². The number of aromatic amines is 1. The van der Waals surface area contributed by atoms with Gasteiger partial charge in [0.1, 0.15) is 5.69 Å². The van der Waals surface area contributed by atoms with E-state index in [4.69, 9.17) is 11.6 Å². The molecule has 3 N–H and O–H groups in total. The number of hydrazine groups is 1. The Morgan fingerprint density at radius 2 is 1.79 bits per heavy atom. The number of nitrogens with zero attached hydrogens (tertiary/aromatic N) is 4. The molecule has 3 aromatic rings. The lowest BCUT2D eigenvalue weighted by Crippen LogP contribution is -2.42. The molecule has 0 aliphatic rings. The molecule has 2 amide bonds. The number of amides is 2. The zero-order valence-corrected chi connectivity index (χ0v) is 16.7. The Labute approximate surface area is 172 Å². The number of hydrogen-bond donors (Lipinski definition) is 3. The molecule has 2 heterocycles. The van der Waals surface area contributed by atoms with Crippen LogP contribution in [0.2, 0.25) is 5.02 Å². The van der Waals surface area contributed by atoms with Gasteiger partial charge in [-0.25, -0.2) is 9.97 Å². The molecule has 150 valence electrons. The maximum absolute atomic E-state index is 12.4. The molecule has 0 fully saturated rings. The Kier molecular flexibility index (Phi) is 6.40. The van der Waals surface area contributed by atoms with Gasteiger partial charge < -0.3 is 4.90 Å². The van der Waals surface area contributed by atoms with Crippen LogP contribution in [-0.4, -0.2) is 45.1 Å². The van der Waals surface area contributed by atoms with Gasteiger partial charge in [0.15, 0.2) is 5.69 Å². The van der Waals surface area contributed by atoms with Crippen molar-refractivity contribution in [1.82, 2.24) is 31.0 Å². The summed E-state index contributed by atoms with van der Waals surface area (Å²) in [7, 11) is 0. The van der Waals surface area contributed by atoms with Gasteiger partial charge >= 0.3 is 0 Å². The number of anilines is 1. The van der Waals surface area contributed by atoms with Gasteiger partial charge in [0.2, 0.25) is 5.95 Å². The van der Waals surface area contributed by atoms with Crippen LogP contribution in [0, 0.1) is 0 Å². The number of rotatable bonds is 6. The van der Waals surface area contributed by atoms with Gasteiger partial charge in [-0.1, -0.05) is 41.9 Å². The molecule has 1 aromatic carbocycles. The summed E-state index contributed by atoms with van der Waals surface area (Å²) in [5.41, 5.74) is 6.28. The average Bonchev–Trinajstić information content (AvgIpc) is 3.25. The summed E-state index contributed by atoms with van der Waals surface area (Å²) >= 11 is 6.05. The maximum atomic E-state index is 12.4. The van der Waals surface area contributed by atoms with Crippen LogP contribution in [0.4, 0.5) is 5.95 Å². The molecule has 2 aromatic heterocycles. The largest absolute Gasteiger partial charge is 0.341 e. The Balaban J connectivity index is 1.67. The summed E-state index contributed by atoms with van der Waals surface area (Å²) in [4.78, 5) is 35.0. The molecule has 3 rings (SSSR count). The second kappa shape index (κ2) is 9.16. The molecule has 0 radical (unpaired) electrons. The fourth-order valence-electron chi connectivity index (χ4n) is 2.61. The van der Waals surface area contributed by atoms with Gasteiger partial charge in [-0.3, -0.25) is 25.5 Å². The van der Waals surface area contributed by atoms with Crippen molar-refractivity contribution in [3.63, 3.8) is 0 Å². The van der Waals surface area contributed by atoms with Gasteiger partial charge in [-0.15, -0.1) is 0 Å². The van der Waals surface area contributed by atoms with Crippen LogP contribution in [0.25, 0.3) is 11.3 Å². The first kappa shape index (κ1) is 20.3. The highest BCUT2D eigenvalue weighted by Gasteiger charge is 2.18. The van der Waals surface area contributed by atoms with Crippen molar-refractivity contribution in [3.05, 3.63) is 59.0 Å². The monoisotopic (exact) mass is 413 g/mol. The molecule has 0 saturated carbocycles. The van der Waals surface area contributed by atoms with E-state index in [1.807, 2.05) is 49.1 Å². The lowest BCUT2D eigenvalue weighted by atomic mass is 10.1. The minimum Gasteiger partial charge on any atom is -0.341 e. The van der Waals surface area contributed by atoms with Gasteiger partial charge in [0.05, 0.1) is 16.9 Å². The third-order valence-corrected chi connectivity index (χ3v) is 4.45. The first-order valence-corrected chi connectivity index (χ1v) is 9.40. The van der Waals surface area contributed by atoms with Crippen molar-refractivity contribution in [2.24, 2.45) is 0 Å². The van der Waals surface area contributed by atoms with Crippen LogP contribution < -0.4 is 15.8 Å². The van der Waals surface area contributed by atoms with E-state index in [-0.39, 0.29) is 16.4 Å². The smallest absolute Gasteiger partial charge is 0.290 e. The molecule has 0 saturated heterocycles. The summed E-state index contributed by atoms with van der Waals surface area (Å²) in [5.74, 6) is -0.818. The number of H-pyrrole nitrogens is 1. The fraction of sp³-hybridized carbons (Fsp3) is 0.211. The van der Waals surface area contributed by atoms with E-state index in [0.29, 0.717) is 24.7 Å². The second-order valence-electron chi connectivity index (χ2n) is 5.98. The molecule has 29 heavy (non-hydrogen) atoms. The molecule has 9 nitrogen and oxygen atoms in total. The van der Waals surface area contributed by atoms with Crippen molar-refractivity contribution in [2.45, 2.75) is 13.8 Å². The van der Waals surface area contributed by atoms with E-state index in [2.05, 4.69) is 31.0 Å². The van der Waals surface area contributed by atoms with E-state index in [1.54, 1.807) is 6.07 Å². The van der Waals surface area contributed by atoms with E-state index in [1.165, 1.54) is 6.20 Å². The second-order valence-corrected chi connectivity index (χ2v) is 6.39. The fourth-order valence-corrected chi connectivity index (χ4v) is 2.79. The lowest BCUT2D eigenvalue weighted by molar-refractivity contribution is 0.0841. The van der Waals surface area contributed by atoms with Crippen LogP contribution in [0.5, 0.6) is 0 Å². The number of halogens is 1. The number of nitrogens with one attached hydrogen (secondary N) is 3. The summed E-state index contributed by atoms with van der Waals surface area (Å²) < 4.78 is 0. The molecule has 0 bridgehead atoms. The SMILES string of the molecule is CCN(CC)c1ncc(Cl)c(C(=O)NNC(=O)c2cc(-c3ccccc3)n[nH]2)n1. The predicted octanol–water partition coefficient (Wildman–Crippen LogP) is 2.44. The van der Waals surface area contributed by atoms with Crippen LogP contribution in [-0.2, 0) is 0 Å². The number of aromatic nitrogens is 4. The lowest BCUT2D eigenvalue weighted by Gasteiger charge is -2.19. The highest BCUT2D eigenvalue weighted by molar-refractivity contribution is 6.33. The minimum absolute atomic E-state index is 0.0292. The molecule has 0 atom stereocenters. The highest BCUT2D eigenvalue weighted by atomic mass is 35.5. The van der Waals surface area contributed by atoms with Gasteiger partial charge in [0.25, 0.3) is 11.8 Å². The summed E-state index contributed by atoms with van der Waals surface area (Å²) in [5, 5.41) is 6.84. The highest BCUT2D eigenvalue weighted by Crippen LogP contribution is 2.17. The van der Waals surface area contributed by atoms with Gasteiger partial charge in [-0.2, -0.15) is 5.10 Å². The average molecular weight is 414 g/mol. The van der Waals surface area contributed by atoms with Crippen LogP contribution >= 0.6 is 11.6 Å². The molecule has 0 aliphatic carbocycles. The van der Waals surface area contributed by atoms with E-state index in [9.17, 15) is 9.59 Å². The summed E-state index contributed by atoms with van der Waals surface area (Å²) in [6.45, 7) is 5.27. The third kappa shape index (κ3) is 4.69. The minimum atomic E-state index is -0.651. The predicted molar refractivity (Wildman–Crippen MR) is 110 cm³/mol. The topological polar surface area (TPSA) is 116 Å². The standard InChI is InChI=1S/C19H20ClN7O2/c1-3-27(4-2)19-21-11-13(20)16(22-19)18(29)26-25-17(28)15-10-14(23-24-15)12-8-6-5-7-9-12/h5-11H,3-4H2,1-2H3,(H,23,24)(H,25,28)(H,26,29). The molecular formula is C19H20ClN7O2. The van der Waals surface area contributed by atoms with Gasteiger partial charge in [0, 0.05) is 18.7 Å². The Morgan fingerprint density at radius 3 is 2.48 bits per heavy atom. The first-order chi connectivity index (χ1) is 14.0. The molecule has 0 spiro atoms. The zero-order chi connectivity index (χ0) is 20.8. The first-order valence-electron chi connectivity index (χ1n) is 9.02. The quantitative estimate of drug-likeness (QED) is 0.534.